The maximum atomic E-state index is 13.4. The molecule has 0 spiro atoms. The molecule has 4 rings (SSSR count). The molecule has 1 fully saturated rings. The number of nitrogens with zero attached hydrogens (tertiary/aromatic N) is 1. The highest BCUT2D eigenvalue weighted by Crippen LogP contribution is 2.34. The predicted molar refractivity (Wildman–Crippen MR) is 119 cm³/mol. The summed E-state index contributed by atoms with van der Waals surface area (Å²) in [6.45, 7) is 4.33. The topological polar surface area (TPSA) is 32.7 Å². The van der Waals surface area contributed by atoms with Gasteiger partial charge in [-0.3, -0.25) is 4.90 Å². The van der Waals surface area contributed by atoms with E-state index in [0.29, 0.717) is 19.4 Å². The largest absolute Gasteiger partial charge is 0.493 e. The Bertz CT molecular complexity index is 982. The van der Waals surface area contributed by atoms with Crippen molar-refractivity contribution in [3.63, 3.8) is 0 Å². The van der Waals surface area contributed by atoms with E-state index < -0.39 is 5.72 Å². The Labute approximate surface area is 178 Å². The van der Waals surface area contributed by atoms with E-state index in [0.717, 1.165) is 42.8 Å². The first-order valence-corrected chi connectivity index (χ1v) is 10.9. The van der Waals surface area contributed by atoms with E-state index in [1.807, 2.05) is 18.2 Å². The summed E-state index contributed by atoms with van der Waals surface area (Å²) in [5, 5.41) is 14.0. The molecule has 0 aliphatic carbocycles. The van der Waals surface area contributed by atoms with Crippen LogP contribution in [0.15, 0.2) is 60.7 Å². The van der Waals surface area contributed by atoms with Crippen molar-refractivity contribution >= 4 is 10.8 Å². The lowest BCUT2D eigenvalue weighted by Crippen LogP contribution is -2.48. The second kappa shape index (κ2) is 9.15. The van der Waals surface area contributed by atoms with Crippen LogP contribution in [0.3, 0.4) is 0 Å². The number of ether oxygens (including phenoxy) is 1. The van der Waals surface area contributed by atoms with Crippen molar-refractivity contribution in [2.45, 2.75) is 44.8 Å². The van der Waals surface area contributed by atoms with E-state index in [2.05, 4.69) is 30.0 Å². The summed E-state index contributed by atoms with van der Waals surface area (Å²) in [4.78, 5) is 2.14. The first kappa shape index (κ1) is 20.8. The van der Waals surface area contributed by atoms with Crippen molar-refractivity contribution in [3.8, 4) is 5.75 Å². The average Bonchev–Trinajstić information content (AvgIpc) is 2.79. The molecule has 0 aromatic heterocycles. The summed E-state index contributed by atoms with van der Waals surface area (Å²) in [6.07, 6.45) is 4.61. The molecular weight excluding hydrogens is 377 g/mol. The molecule has 0 bridgehead atoms. The van der Waals surface area contributed by atoms with Crippen LogP contribution >= 0.6 is 0 Å². The minimum absolute atomic E-state index is 0.283. The van der Waals surface area contributed by atoms with E-state index >= 15 is 0 Å². The third kappa shape index (κ3) is 4.35. The van der Waals surface area contributed by atoms with Crippen LogP contribution in [0.25, 0.3) is 10.8 Å². The lowest BCUT2D eigenvalue weighted by atomic mass is 9.93. The lowest BCUT2D eigenvalue weighted by Gasteiger charge is -2.42. The number of hydrogen-bond acceptors (Lipinski definition) is 3. The fraction of sp³-hybridized carbons (Fsp3) is 0.385. The first-order chi connectivity index (χ1) is 14.6. The zero-order valence-electron chi connectivity index (χ0n) is 17.6. The van der Waals surface area contributed by atoms with Crippen LogP contribution in [0.2, 0.25) is 0 Å². The third-order valence-corrected chi connectivity index (χ3v) is 6.26. The van der Waals surface area contributed by atoms with E-state index in [1.54, 1.807) is 12.1 Å². The van der Waals surface area contributed by atoms with Crippen molar-refractivity contribution in [1.82, 2.24) is 4.90 Å². The van der Waals surface area contributed by atoms with Crippen molar-refractivity contribution in [2.75, 3.05) is 19.7 Å². The first-order valence-electron chi connectivity index (χ1n) is 10.9. The molecule has 1 unspecified atom stereocenters. The van der Waals surface area contributed by atoms with Gasteiger partial charge < -0.3 is 9.84 Å². The second-order valence-electron chi connectivity index (χ2n) is 8.23. The number of fused-ring (bicyclic) bond motifs is 1. The number of halogens is 1. The molecule has 0 amide bonds. The Morgan fingerprint density at radius 1 is 0.967 bits per heavy atom. The SMILES string of the molecule is Cc1c(OCCCC(O)(c2ccc(F)cc2)N2CCCCC2)ccc2ccccc12. The van der Waals surface area contributed by atoms with Crippen LogP contribution in [0, 0.1) is 12.7 Å². The van der Waals surface area contributed by atoms with Gasteiger partial charge in [0, 0.05) is 13.1 Å². The maximum Gasteiger partial charge on any atom is 0.144 e. The number of hydrogen-bond donors (Lipinski definition) is 1. The van der Waals surface area contributed by atoms with Crippen LogP contribution in [0.4, 0.5) is 4.39 Å². The highest BCUT2D eigenvalue weighted by Gasteiger charge is 2.36. The standard InChI is InChI=1S/C26H30FNO2/c1-20-24-9-4-3-8-21(24)10-15-25(20)30-19-7-16-26(29,28-17-5-2-6-18-28)22-11-13-23(27)14-12-22/h3-4,8-15,29H,2,5-7,16-19H2,1H3. The van der Waals surface area contributed by atoms with E-state index in [9.17, 15) is 9.50 Å². The van der Waals surface area contributed by atoms with Crippen LogP contribution in [0.1, 0.15) is 43.2 Å². The molecule has 1 aliphatic rings. The molecule has 1 heterocycles. The smallest absolute Gasteiger partial charge is 0.144 e. The summed E-state index contributed by atoms with van der Waals surface area (Å²) in [5.41, 5.74) is 0.807. The molecule has 3 aromatic rings. The van der Waals surface area contributed by atoms with E-state index in [-0.39, 0.29) is 5.82 Å². The lowest BCUT2D eigenvalue weighted by molar-refractivity contribution is -0.131. The Morgan fingerprint density at radius 3 is 2.47 bits per heavy atom. The van der Waals surface area contributed by atoms with Gasteiger partial charge in [0.25, 0.3) is 0 Å². The minimum Gasteiger partial charge on any atom is -0.493 e. The molecular formula is C26H30FNO2. The summed E-state index contributed by atoms with van der Waals surface area (Å²) in [5.74, 6) is 0.604. The summed E-state index contributed by atoms with van der Waals surface area (Å²) in [7, 11) is 0. The summed E-state index contributed by atoms with van der Waals surface area (Å²) >= 11 is 0. The Kier molecular flexibility index (Phi) is 6.35. The van der Waals surface area contributed by atoms with Crippen molar-refractivity contribution in [2.24, 2.45) is 0 Å². The molecule has 30 heavy (non-hydrogen) atoms. The third-order valence-electron chi connectivity index (χ3n) is 6.26. The average molecular weight is 408 g/mol. The maximum absolute atomic E-state index is 13.4. The molecule has 1 N–H and O–H groups in total. The van der Waals surface area contributed by atoms with Crippen LogP contribution in [-0.2, 0) is 5.72 Å². The van der Waals surface area contributed by atoms with Gasteiger partial charge in [-0.1, -0.05) is 48.9 Å². The zero-order valence-corrected chi connectivity index (χ0v) is 17.6. The van der Waals surface area contributed by atoms with Crippen LogP contribution in [0.5, 0.6) is 5.75 Å². The Balaban J connectivity index is 1.45. The number of benzene rings is 3. The van der Waals surface area contributed by atoms with Gasteiger partial charge in [0.15, 0.2) is 0 Å². The molecule has 1 aliphatic heterocycles. The number of aryl methyl sites for hydroxylation is 1. The van der Waals surface area contributed by atoms with Crippen LogP contribution < -0.4 is 4.74 Å². The molecule has 0 radical (unpaired) electrons. The van der Waals surface area contributed by atoms with Gasteiger partial charge in [-0.05, 0) is 72.7 Å². The van der Waals surface area contributed by atoms with Crippen molar-refractivity contribution in [3.05, 3.63) is 77.6 Å². The highest BCUT2D eigenvalue weighted by atomic mass is 19.1. The number of piperidine rings is 1. The number of aliphatic hydroxyl groups is 1. The van der Waals surface area contributed by atoms with Gasteiger partial charge in [0.05, 0.1) is 6.61 Å². The predicted octanol–water partition coefficient (Wildman–Crippen LogP) is 5.78. The molecule has 0 saturated carbocycles. The van der Waals surface area contributed by atoms with Crippen molar-refractivity contribution < 1.29 is 14.2 Å². The van der Waals surface area contributed by atoms with Gasteiger partial charge >= 0.3 is 0 Å². The normalized spacial score (nSPS) is 17.0. The molecule has 3 nitrogen and oxygen atoms in total. The van der Waals surface area contributed by atoms with Gasteiger partial charge in [-0.2, -0.15) is 0 Å². The fourth-order valence-corrected chi connectivity index (χ4v) is 4.53. The van der Waals surface area contributed by atoms with Gasteiger partial charge in [0.1, 0.15) is 17.3 Å². The van der Waals surface area contributed by atoms with Gasteiger partial charge in [-0.15, -0.1) is 0 Å². The van der Waals surface area contributed by atoms with Gasteiger partial charge in [0.2, 0.25) is 0 Å². The number of rotatable bonds is 7. The second-order valence-corrected chi connectivity index (χ2v) is 8.23. The molecule has 1 atom stereocenters. The van der Waals surface area contributed by atoms with Crippen LogP contribution in [-0.4, -0.2) is 29.7 Å². The van der Waals surface area contributed by atoms with E-state index in [4.69, 9.17) is 4.74 Å². The minimum atomic E-state index is -1.09. The molecule has 4 heteroatoms. The quantitative estimate of drug-likeness (QED) is 0.504. The molecule has 3 aromatic carbocycles. The molecule has 1 saturated heterocycles. The summed E-state index contributed by atoms with van der Waals surface area (Å²) in [6, 6.07) is 18.7. The van der Waals surface area contributed by atoms with Gasteiger partial charge in [-0.25, -0.2) is 4.39 Å². The molecule has 158 valence electrons. The number of likely N-dealkylation sites (tertiary alicyclic amines) is 1. The Morgan fingerprint density at radius 2 is 1.70 bits per heavy atom. The zero-order chi connectivity index (χ0) is 21.0. The Hall–Kier alpha value is -2.43. The monoisotopic (exact) mass is 407 g/mol. The fourth-order valence-electron chi connectivity index (χ4n) is 4.53. The highest BCUT2D eigenvalue weighted by molar-refractivity contribution is 5.87. The van der Waals surface area contributed by atoms with E-state index in [1.165, 1.54) is 29.3 Å². The summed E-state index contributed by atoms with van der Waals surface area (Å²) < 4.78 is 19.5. The van der Waals surface area contributed by atoms with Crippen molar-refractivity contribution in [1.29, 1.82) is 0 Å².